The number of nitrogen functional groups attached to an aromatic ring is 1. The molecule has 6 rings (SSSR count). The first-order chi connectivity index (χ1) is 17.6. The van der Waals surface area contributed by atoms with Crippen molar-refractivity contribution >= 4 is 46.5 Å². The number of hydrogen-bond acceptors (Lipinski definition) is 9. The first-order valence-electron chi connectivity index (χ1n) is 11.7. The highest BCUT2D eigenvalue weighted by atomic mass is 35.5. The molecular weight excluding hydrogens is 496 g/mol. The molecule has 190 valence electrons. The molecule has 5 aromatic rings. The second-order valence-electron chi connectivity index (χ2n) is 8.71. The monoisotopic (exact) mass is 520 g/mol. The van der Waals surface area contributed by atoms with Crippen LogP contribution in [-0.4, -0.2) is 53.3 Å². The molecule has 0 saturated carbocycles. The summed E-state index contributed by atoms with van der Waals surface area (Å²) in [6.07, 6.45) is 6.63. The number of benzene rings is 1. The predicted molar refractivity (Wildman–Crippen MR) is 140 cm³/mol. The molecule has 1 aliphatic rings. The molecule has 12 nitrogen and oxygen atoms in total. The summed E-state index contributed by atoms with van der Waals surface area (Å²) < 4.78 is 9.48. The number of nitrogens with two attached hydrogens (primary N) is 1. The van der Waals surface area contributed by atoms with Crippen LogP contribution in [-0.2, 0) is 0 Å². The average Bonchev–Trinajstić information content (AvgIpc) is 3.51. The molecule has 13 heteroatoms. The summed E-state index contributed by atoms with van der Waals surface area (Å²) in [6, 6.07) is 9.13. The number of carbonyl (C=O) groups excluding carboxylic acids is 1. The van der Waals surface area contributed by atoms with Gasteiger partial charge in [-0.25, -0.2) is 24.1 Å². The van der Waals surface area contributed by atoms with E-state index >= 15 is 0 Å². The third-order valence-electron chi connectivity index (χ3n) is 6.26. The number of aryl methyl sites for hydroxylation is 1. The first kappa shape index (κ1) is 24.4. The minimum Gasteiger partial charge on any atom is -0.457 e. The average molecular weight is 521 g/mol. The highest BCUT2D eigenvalue weighted by molar-refractivity contribution is 6.13. The number of halogens is 1. The second kappa shape index (κ2) is 9.99. The zero-order chi connectivity index (χ0) is 24.6. The van der Waals surface area contributed by atoms with Crippen LogP contribution in [0.4, 0.5) is 11.5 Å². The third kappa shape index (κ3) is 4.63. The standard InChI is InChI=1S/C24H24N10O2.ClH/c1-14-9-15(4-5-18(14)36-17-6-8-33-19(10-17)27-13-30-33)31-24(35)21-20-22(25)28-12-29-23(20)34(32-21)16-3-2-7-26-11-16;/h4-6,8-10,12-13,16,26H,2-3,7,11H2,1H3,(H,31,35)(H2,25,28,29);1H. The SMILES string of the molecule is Cc1cc(NC(=O)c2nn(C3CCCNC3)c3ncnc(N)c23)ccc1Oc1ccn2ncnc2c1.Cl. The zero-order valence-electron chi connectivity index (χ0n) is 20.0. The number of carbonyl (C=O) groups is 1. The van der Waals surface area contributed by atoms with Crippen molar-refractivity contribution < 1.29 is 9.53 Å². The lowest BCUT2D eigenvalue weighted by atomic mass is 10.1. The molecule has 0 bridgehead atoms. The van der Waals surface area contributed by atoms with Gasteiger partial charge in [0, 0.05) is 24.5 Å². The minimum absolute atomic E-state index is 0. The van der Waals surface area contributed by atoms with E-state index in [1.54, 1.807) is 33.6 Å². The molecule has 1 aliphatic heterocycles. The number of aromatic nitrogens is 7. The van der Waals surface area contributed by atoms with Gasteiger partial charge in [0.2, 0.25) is 0 Å². The van der Waals surface area contributed by atoms with Crippen LogP contribution in [0, 0.1) is 6.92 Å². The van der Waals surface area contributed by atoms with Gasteiger partial charge in [0.15, 0.2) is 17.0 Å². The maximum Gasteiger partial charge on any atom is 0.277 e. The number of nitrogens with one attached hydrogen (secondary N) is 2. The molecule has 1 aromatic carbocycles. The number of rotatable bonds is 5. The van der Waals surface area contributed by atoms with E-state index < -0.39 is 0 Å². The summed E-state index contributed by atoms with van der Waals surface area (Å²) >= 11 is 0. The Bertz CT molecular complexity index is 1590. The van der Waals surface area contributed by atoms with Crippen molar-refractivity contribution in [1.82, 2.24) is 39.7 Å². The molecule has 0 spiro atoms. The van der Waals surface area contributed by atoms with Crippen molar-refractivity contribution in [3.05, 3.63) is 60.4 Å². The number of hydrogen-bond donors (Lipinski definition) is 3. The lowest BCUT2D eigenvalue weighted by Gasteiger charge is -2.23. The Morgan fingerprint density at radius 3 is 2.89 bits per heavy atom. The van der Waals surface area contributed by atoms with Gasteiger partial charge in [0.1, 0.15) is 30.0 Å². The van der Waals surface area contributed by atoms with Gasteiger partial charge in [-0.2, -0.15) is 10.2 Å². The second-order valence-corrected chi connectivity index (χ2v) is 8.71. The summed E-state index contributed by atoms with van der Waals surface area (Å²) in [6.45, 7) is 3.63. The molecule has 1 unspecified atom stereocenters. The smallest absolute Gasteiger partial charge is 0.277 e. The van der Waals surface area contributed by atoms with Gasteiger partial charge >= 0.3 is 0 Å². The highest BCUT2D eigenvalue weighted by Crippen LogP contribution is 2.30. The number of fused-ring (bicyclic) bond motifs is 2. The zero-order valence-corrected chi connectivity index (χ0v) is 20.8. The molecule has 1 amide bonds. The van der Waals surface area contributed by atoms with Crippen LogP contribution < -0.4 is 21.1 Å². The number of ether oxygens (including phenoxy) is 1. The Balaban J connectivity index is 0.00000280. The Morgan fingerprint density at radius 1 is 1.19 bits per heavy atom. The largest absolute Gasteiger partial charge is 0.457 e. The lowest BCUT2D eigenvalue weighted by Crippen LogP contribution is -2.32. The van der Waals surface area contributed by atoms with Crippen molar-refractivity contribution in [2.45, 2.75) is 25.8 Å². The van der Waals surface area contributed by atoms with Crippen molar-refractivity contribution in [3.8, 4) is 11.5 Å². The van der Waals surface area contributed by atoms with Crippen LogP contribution in [0.2, 0.25) is 0 Å². The molecule has 5 heterocycles. The van der Waals surface area contributed by atoms with E-state index in [9.17, 15) is 4.79 Å². The fraction of sp³-hybridized carbons (Fsp3) is 0.250. The molecule has 4 N–H and O–H groups in total. The van der Waals surface area contributed by atoms with E-state index in [-0.39, 0.29) is 35.9 Å². The van der Waals surface area contributed by atoms with Gasteiger partial charge in [0.05, 0.1) is 11.4 Å². The van der Waals surface area contributed by atoms with Crippen LogP contribution >= 0.6 is 12.4 Å². The van der Waals surface area contributed by atoms with E-state index in [0.29, 0.717) is 33.9 Å². The van der Waals surface area contributed by atoms with E-state index in [1.807, 2.05) is 19.1 Å². The van der Waals surface area contributed by atoms with Gasteiger partial charge in [-0.15, -0.1) is 12.4 Å². The molecule has 1 atom stereocenters. The van der Waals surface area contributed by atoms with E-state index in [1.165, 1.54) is 12.7 Å². The predicted octanol–water partition coefficient (Wildman–Crippen LogP) is 3.15. The van der Waals surface area contributed by atoms with E-state index in [0.717, 1.165) is 31.5 Å². The van der Waals surface area contributed by atoms with Crippen LogP contribution in [0.1, 0.15) is 34.9 Å². The van der Waals surface area contributed by atoms with Crippen molar-refractivity contribution in [2.24, 2.45) is 0 Å². The topological polar surface area (TPSA) is 150 Å². The molecule has 4 aromatic heterocycles. The summed E-state index contributed by atoms with van der Waals surface area (Å²) in [4.78, 5) is 25.9. The number of pyridine rings is 1. The number of nitrogens with zero attached hydrogens (tertiary/aromatic N) is 7. The summed E-state index contributed by atoms with van der Waals surface area (Å²) in [5.41, 5.74) is 9.06. The van der Waals surface area contributed by atoms with Crippen molar-refractivity contribution in [2.75, 3.05) is 24.1 Å². The number of piperidine rings is 1. The lowest BCUT2D eigenvalue weighted by molar-refractivity contribution is 0.102. The van der Waals surface area contributed by atoms with Crippen LogP contribution in [0.3, 0.4) is 0 Å². The summed E-state index contributed by atoms with van der Waals surface area (Å²) in [5, 5.41) is 15.5. The van der Waals surface area contributed by atoms with E-state index in [2.05, 4.69) is 35.8 Å². The maximum absolute atomic E-state index is 13.3. The van der Waals surface area contributed by atoms with Crippen LogP contribution in [0.25, 0.3) is 16.7 Å². The molecule has 1 fully saturated rings. The normalized spacial score (nSPS) is 15.4. The Kier molecular flexibility index (Phi) is 6.59. The number of amides is 1. The van der Waals surface area contributed by atoms with Crippen LogP contribution in [0.15, 0.2) is 49.2 Å². The molecule has 0 aliphatic carbocycles. The molecule has 0 radical (unpaired) electrons. The Morgan fingerprint density at radius 2 is 2.08 bits per heavy atom. The van der Waals surface area contributed by atoms with Crippen molar-refractivity contribution in [3.63, 3.8) is 0 Å². The minimum atomic E-state index is -0.380. The molecule has 37 heavy (non-hydrogen) atoms. The molecule has 1 saturated heterocycles. The summed E-state index contributed by atoms with van der Waals surface area (Å²) in [7, 11) is 0. The van der Waals surface area contributed by atoms with Gasteiger partial charge in [0.25, 0.3) is 5.91 Å². The maximum atomic E-state index is 13.3. The number of anilines is 2. The van der Waals surface area contributed by atoms with E-state index in [4.69, 9.17) is 10.5 Å². The fourth-order valence-electron chi connectivity index (χ4n) is 4.47. The third-order valence-corrected chi connectivity index (χ3v) is 6.26. The highest BCUT2D eigenvalue weighted by Gasteiger charge is 2.26. The van der Waals surface area contributed by atoms with Crippen LogP contribution in [0.5, 0.6) is 11.5 Å². The van der Waals surface area contributed by atoms with Gasteiger partial charge in [-0.3, -0.25) is 4.79 Å². The Labute approximate surface area is 217 Å². The van der Waals surface area contributed by atoms with Gasteiger partial charge in [-0.05, 0) is 56.1 Å². The first-order valence-corrected chi connectivity index (χ1v) is 11.7. The fourth-order valence-corrected chi connectivity index (χ4v) is 4.47. The van der Waals surface area contributed by atoms with Gasteiger partial charge < -0.3 is 21.1 Å². The van der Waals surface area contributed by atoms with Gasteiger partial charge in [-0.1, -0.05) is 0 Å². The van der Waals surface area contributed by atoms with Crippen molar-refractivity contribution in [1.29, 1.82) is 0 Å². The molecular formula is C24H25ClN10O2. The summed E-state index contributed by atoms with van der Waals surface area (Å²) in [5.74, 6) is 1.15. The quantitative estimate of drug-likeness (QED) is 0.317. The Hall–Kier alpha value is -4.29.